The molecule has 2 rings (SSSR count). The predicted octanol–water partition coefficient (Wildman–Crippen LogP) is -0.0495. The van der Waals surface area contributed by atoms with Crippen molar-refractivity contribution in [1.29, 1.82) is 0 Å². The van der Waals surface area contributed by atoms with Gasteiger partial charge in [-0.1, -0.05) is 12.1 Å². The molecule has 1 amide bonds. The highest BCUT2D eigenvalue weighted by atomic mass is 16.5. The molecule has 108 valence electrons. The van der Waals surface area contributed by atoms with Crippen molar-refractivity contribution < 1.29 is 19.4 Å². The molecular formula is C14H18N2O4. The molecule has 0 bridgehead atoms. The van der Waals surface area contributed by atoms with E-state index in [1.807, 2.05) is 12.1 Å². The number of benzene rings is 1. The number of carbonyl (C=O) groups is 2. The molecule has 1 aliphatic rings. The van der Waals surface area contributed by atoms with Crippen LogP contribution in [0.4, 0.5) is 5.69 Å². The predicted molar refractivity (Wildman–Crippen MR) is 72.8 cm³/mol. The van der Waals surface area contributed by atoms with Crippen molar-refractivity contribution >= 4 is 17.6 Å². The number of aliphatic hydroxyl groups is 1. The summed E-state index contributed by atoms with van der Waals surface area (Å²) in [5, 5.41) is 12.0. The minimum absolute atomic E-state index is 0.151. The molecule has 1 fully saturated rings. The number of amides is 1. The highest BCUT2D eigenvalue weighted by Crippen LogP contribution is 2.48. The van der Waals surface area contributed by atoms with E-state index in [2.05, 4.69) is 10.1 Å². The average molecular weight is 278 g/mol. The summed E-state index contributed by atoms with van der Waals surface area (Å²) in [5.41, 5.74) is 6.62. The number of ether oxygens (including phenoxy) is 1. The van der Waals surface area contributed by atoms with E-state index in [1.54, 1.807) is 12.1 Å². The lowest BCUT2D eigenvalue weighted by Crippen LogP contribution is -2.42. The van der Waals surface area contributed by atoms with Crippen LogP contribution in [-0.2, 0) is 19.7 Å². The molecular weight excluding hydrogens is 260 g/mol. The van der Waals surface area contributed by atoms with Crippen molar-refractivity contribution in [3.05, 3.63) is 29.8 Å². The first kappa shape index (κ1) is 14.3. The van der Waals surface area contributed by atoms with Gasteiger partial charge in [-0.2, -0.15) is 0 Å². The third kappa shape index (κ3) is 2.75. The van der Waals surface area contributed by atoms with Crippen LogP contribution in [0.1, 0.15) is 18.4 Å². The molecule has 1 atom stereocenters. The van der Waals surface area contributed by atoms with Gasteiger partial charge >= 0.3 is 5.97 Å². The van der Waals surface area contributed by atoms with Crippen molar-refractivity contribution in [2.75, 3.05) is 19.4 Å². The van der Waals surface area contributed by atoms with Gasteiger partial charge in [0.2, 0.25) is 5.91 Å². The third-order valence-electron chi connectivity index (χ3n) is 3.58. The monoisotopic (exact) mass is 278 g/mol. The van der Waals surface area contributed by atoms with E-state index >= 15 is 0 Å². The molecule has 1 aliphatic carbocycles. The van der Waals surface area contributed by atoms with Crippen LogP contribution < -0.4 is 11.1 Å². The van der Waals surface area contributed by atoms with Gasteiger partial charge in [0, 0.05) is 5.69 Å². The quantitative estimate of drug-likeness (QED) is 0.518. The van der Waals surface area contributed by atoms with Gasteiger partial charge in [0.25, 0.3) is 0 Å². The largest absolute Gasteiger partial charge is 0.467 e. The normalized spacial score (nSPS) is 17.1. The molecule has 1 saturated carbocycles. The van der Waals surface area contributed by atoms with Crippen molar-refractivity contribution in [3.8, 4) is 0 Å². The van der Waals surface area contributed by atoms with Crippen molar-refractivity contribution in [2.45, 2.75) is 24.4 Å². The van der Waals surface area contributed by atoms with E-state index in [-0.39, 0.29) is 12.5 Å². The molecule has 0 heterocycles. The fraction of sp³-hybridized carbons (Fsp3) is 0.429. The number of esters is 1. The Morgan fingerprint density at radius 1 is 1.40 bits per heavy atom. The van der Waals surface area contributed by atoms with E-state index in [1.165, 1.54) is 7.11 Å². The van der Waals surface area contributed by atoms with Crippen molar-refractivity contribution in [1.82, 2.24) is 5.32 Å². The topological polar surface area (TPSA) is 102 Å². The molecule has 0 aromatic heterocycles. The molecule has 6 nitrogen and oxygen atoms in total. The van der Waals surface area contributed by atoms with Gasteiger partial charge in [-0.05, 0) is 30.5 Å². The van der Waals surface area contributed by atoms with E-state index in [9.17, 15) is 14.7 Å². The van der Waals surface area contributed by atoms with Gasteiger partial charge in [-0.15, -0.1) is 0 Å². The molecule has 6 heteroatoms. The lowest BCUT2D eigenvalue weighted by Gasteiger charge is -2.17. The lowest BCUT2D eigenvalue weighted by molar-refractivity contribution is -0.150. The number of aliphatic hydroxyl groups excluding tert-OH is 1. The average Bonchev–Trinajstić information content (AvgIpc) is 3.25. The second-order valence-electron chi connectivity index (χ2n) is 4.95. The number of nitrogen functional groups attached to an aromatic ring is 1. The van der Waals surface area contributed by atoms with Gasteiger partial charge in [0.15, 0.2) is 6.10 Å². The Bertz CT molecular complexity index is 508. The molecule has 0 aliphatic heterocycles. The maximum Gasteiger partial charge on any atom is 0.336 e. The van der Waals surface area contributed by atoms with E-state index in [0.717, 1.165) is 18.4 Å². The summed E-state index contributed by atoms with van der Waals surface area (Å²) in [6.45, 7) is -0.151. The van der Waals surface area contributed by atoms with Crippen LogP contribution in [0.2, 0.25) is 0 Å². The second kappa shape index (κ2) is 5.50. The zero-order valence-electron chi connectivity index (χ0n) is 11.3. The maximum absolute atomic E-state index is 12.2. The molecule has 0 saturated heterocycles. The van der Waals surface area contributed by atoms with E-state index in [4.69, 9.17) is 5.73 Å². The first-order chi connectivity index (χ1) is 9.49. The molecule has 1 aromatic carbocycles. The number of hydrogen-bond donors (Lipinski definition) is 3. The summed E-state index contributed by atoms with van der Waals surface area (Å²) in [7, 11) is 1.18. The Kier molecular flexibility index (Phi) is 3.94. The summed E-state index contributed by atoms with van der Waals surface area (Å²) in [5.74, 6) is -0.951. The lowest BCUT2D eigenvalue weighted by atomic mass is 9.94. The Morgan fingerprint density at radius 2 is 2.00 bits per heavy atom. The van der Waals surface area contributed by atoms with Crippen LogP contribution in [-0.4, -0.2) is 36.7 Å². The van der Waals surface area contributed by atoms with Crippen molar-refractivity contribution in [3.63, 3.8) is 0 Å². The van der Waals surface area contributed by atoms with Gasteiger partial charge < -0.3 is 20.9 Å². The van der Waals surface area contributed by atoms with Gasteiger partial charge in [0.05, 0.1) is 19.1 Å². The summed E-state index contributed by atoms with van der Waals surface area (Å²) < 4.78 is 4.39. The molecule has 20 heavy (non-hydrogen) atoms. The fourth-order valence-electron chi connectivity index (χ4n) is 2.15. The van der Waals surface area contributed by atoms with Crippen LogP contribution >= 0.6 is 0 Å². The SMILES string of the molecule is COC(=O)C(O)CNC(=O)C1(c2ccc(N)cc2)CC1. The first-order valence-corrected chi connectivity index (χ1v) is 6.40. The fourth-order valence-corrected chi connectivity index (χ4v) is 2.15. The maximum atomic E-state index is 12.2. The molecule has 1 unspecified atom stereocenters. The third-order valence-corrected chi connectivity index (χ3v) is 3.58. The van der Waals surface area contributed by atoms with Crippen LogP contribution in [0.25, 0.3) is 0 Å². The number of carbonyl (C=O) groups excluding carboxylic acids is 2. The van der Waals surface area contributed by atoms with Gasteiger partial charge in [-0.25, -0.2) is 4.79 Å². The number of methoxy groups -OCH3 is 1. The first-order valence-electron chi connectivity index (χ1n) is 6.40. The highest BCUT2D eigenvalue weighted by Gasteiger charge is 2.51. The zero-order chi connectivity index (χ0) is 14.8. The van der Waals surface area contributed by atoms with Gasteiger partial charge in [-0.3, -0.25) is 4.79 Å². The number of hydrogen-bond acceptors (Lipinski definition) is 5. The van der Waals surface area contributed by atoms with Crippen molar-refractivity contribution in [2.24, 2.45) is 0 Å². The number of rotatable bonds is 5. The summed E-state index contributed by atoms with van der Waals surface area (Å²) in [6, 6.07) is 7.18. The number of nitrogens with one attached hydrogen (secondary N) is 1. The Morgan fingerprint density at radius 3 is 2.50 bits per heavy atom. The molecule has 1 aromatic rings. The summed E-state index contributed by atoms with van der Waals surface area (Å²) >= 11 is 0. The number of anilines is 1. The van der Waals surface area contributed by atoms with Gasteiger partial charge in [0.1, 0.15) is 0 Å². The molecule has 0 radical (unpaired) electrons. The minimum Gasteiger partial charge on any atom is -0.467 e. The van der Waals surface area contributed by atoms with E-state index in [0.29, 0.717) is 5.69 Å². The second-order valence-corrected chi connectivity index (χ2v) is 4.95. The van der Waals surface area contributed by atoms with Crippen LogP contribution in [0.15, 0.2) is 24.3 Å². The van der Waals surface area contributed by atoms with Crippen LogP contribution in [0.5, 0.6) is 0 Å². The van der Waals surface area contributed by atoms with Crippen LogP contribution in [0.3, 0.4) is 0 Å². The summed E-state index contributed by atoms with van der Waals surface area (Å²) in [6.07, 6.45) is 0.153. The number of nitrogens with two attached hydrogens (primary N) is 1. The molecule has 0 spiro atoms. The Balaban J connectivity index is 1.98. The smallest absolute Gasteiger partial charge is 0.336 e. The summed E-state index contributed by atoms with van der Waals surface area (Å²) in [4.78, 5) is 23.3. The highest BCUT2D eigenvalue weighted by molar-refractivity contribution is 5.91. The van der Waals surface area contributed by atoms with Crippen LogP contribution in [0, 0.1) is 0 Å². The van der Waals surface area contributed by atoms with E-state index < -0.39 is 17.5 Å². The minimum atomic E-state index is -1.34. The molecule has 4 N–H and O–H groups in total. The zero-order valence-corrected chi connectivity index (χ0v) is 11.3. The Hall–Kier alpha value is -2.08. The standard InChI is InChI=1S/C14H18N2O4/c1-20-12(18)11(17)8-16-13(19)14(6-7-14)9-2-4-10(15)5-3-9/h2-5,11,17H,6-8,15H2,1H3,(H,16,19). The Labute approximate surface area is 116 Å².